The van der Waals surface area contributed by atoms with Gasteiger partial charge in [0.1, 0.15) is 0 Å². The van der Waals surface area contributed by atoms with Crippen LogP contribution >= 0.6 is 11.6 Å². The summed E-state index contributed by atoms with van der Waals surface area (Å²) in [7, 11) is 0. The van der Waals surface area contributed by atoms with Crippen molar-refractivity contribution in [1.82, 2.24) is 5.32 Å². The monoisotopic (exact) mass is 309 g/mol. The molecule has 0 aliphatic heterocycles. The van der Waals surface area contributed by atoms with Gasteiger partial charge in [0.2, 0.25) is 0 Å². The number of aryl methyl sites for hydroxylation is 2. The summed E-state index contributed by atoms with van der Waals surface area (Å²) in [5.41, 5.74) is 4.22. The van der Waals surface area contributed by atoms with E-state index in [1.54, 1.807) is 0 Å². The second-order valence-corrected chi connectivity index (χ2v) is 8.08. The molecule has 0 bridgehead atoms. The van der Waals surface area contributed by atoms with Crippen molar-refractivity contribution < 1.29 is 0 Å². The van der Waals surface area contributed by atoms with Gasteiger partial charge in [0.05, 0.1) is 0 Å². The average molecular weight is 310 g/mol. The van der Waals surface area contributed by atoms with Gasteiger partial charge in [-0.15, -0.1) is 0 Å². The number of hydrogen-bond acceptors (Lipinski definition) is 1. The molecule has 0 aliphatic rings. The number of benzene rings is 1. The van der Waals surface area contributed by atoms with Crippen molar-refractivity contribution in [2.45, 2.75) is 67.3 Å². The molecule has 0 saturated carbocycles. The van der Waals surface area contributed by atoms with Gasteiger partial charge in [-0.1, -0.05) is 52.3 Å². The van der Waals surface area contributed by atoms with E-state index in [4.69, 9.17) is 11.6 Å². The molecule has 0 aliphatic carbocycles. The number of halogens is 1. The molecule has 120 valence electrons. The average Bonchev–Trinajstić information content (AvgIpc) is 2.31. The molecule has 2 unspecified atom stereocenters. The summed E-state index contributed by atoms with van der Waals surface area (Å²) < 4.78 is 0. The van der Waals surface area contributed by atoms with Crippen molar-refractivity contribution in [2.75, 3.05) is 6.54 Å². The normalized spacial score (nSPS) is 15.0. The summed E-state index contributed by atoms with van der Waals surface area (Å²) >= 11 is 6.51. The highest BCUT2D eigenvalue weighted by Crippen LogP contribution is 2.34. The Bertz CT molecular complexity index is 459. The predicted molar refractivity (Wildman–Crippen MR) is 95.2 cm³/mol. The second kappa shape index (κ2) is 7.65. The van der Waals surface area contributed by atoms with Crippen LogP contribution in [0.1, 0.15) is 70.2 Å². The van der Waals surface area contributed by atoms with Crippen LogP contribution < -0.4 is 5.32 Å². The molecule has 1 rings (SSSR count). The Morgan fingerprint density at radius 2 is 1.71 bits per heavy atom. The minimum atomic E-state index is 0.346. The Morgan fingerprint density at radius 3 is 2.24 bits per heavy atom. The minimum Gasteiger partial charge on any atom is -0.310 e. The molecule has 0 aromatic heterocycles. The first kappa shape index (κ1) is 18.5. The van der Waals surface area contributed by atoms with Gasteiger partial charge in [-0.3, -0.25) is 0 Å². The summed E-state index contributed by atoms with van der Waals surface area (Å²) in [5.74, 6) is 0.673. The molecule has 21 heavy (non-hydrogen) atoms. The summed E-state index contributed by atoms with van der Waals surface area (Å²) in [4.78, 5) is 0. The maximum absolute atomic E-state index is 6.51. The third-order valence-corrected chi connectivity index (χ3v) is 4.37. The molecule has 2 heteroatoms. The van der Waals surface area contributed by atoms with Gasteiger partial charge < -0.3 is 5.32 Å². The number of rotatable bonds is 6. The molecular weight excluding hydrogens is 278 g/mol. The van der Waals surface area contributed by atoms with Crippen molar-refractivity contribution in [3.05, 3.63) is 33.8 Å². The fourth-order valence-electron chi connectivity index (χ4n) is 3.17. The summed E-state index contributed by atoms with van der Waals surface area (Å²) in [6, 6.07) is 4.71. The third kappa shape index (κ3) is 6.00. The molecule has 2 atom stereocenters. The fourth-order valence-corrected chi connectivity index (χ4v) is 3.52. The topological polar surface area (TPSA) is 12.0 Å². The van der Waals surface area contributed by atoms with Gasteiger partial charge in [0.15, 0.2) is 0 Å². The number of hydrogen-bond donors (Lipinski definition) is 1. The molecule has 0 heterocycles. The quantitative estimate of drug-likeness (QED) is 0.672. The second-order valence-electron chi connectivity index (χ2n) is 7.67. The van der Waals surface area contributed by atoms with E-state index in [-0.39, 0.29) is 0 Å². The zero-order valence-electron chi connectivity index (χ0n) is 14.8. The lowest BCUT2D eigenvalue weighted by Gasteiger charge is -2.28. The maximum Gasteiger partial charge on any atom is 0.0456 e. The van der Waals surface area contributed by atoms with Gasteiger partial charge in [-0.25, -0.2) is 0 Å². The SMILES string of the molecule is CCNC(CC(C)CC(C)(C)C)c1cc(C)c(C)cc1Cl. The lowest BCUT2D eigenvalue weighted by molar-refractivity contribution is 0.276. The Hall–Kier alpha value is -0.530. The molecule has 1 aromatic rings. The fraction of sp³-hybridized carbons (Fsp3) is 0.684. The van der Waals surface area contributed by atoms with Gasteiger partial charge >= 0.3 is 0 Å². The van der Waals surface area contributed by atoms with Crippen molar-refractivity contribution in [2.24, 2.45) is 11.3 Å². The van der Waals surface area contributed by atoms with E-state index in [9.17, 15) is 0 Å². The van der Waals surface area contributed by atoms with E-state index in [1.807, 2.05) is 0 Å². The highest BCUT2D eigenvalue weighted by atomic mass is 35.5. The zero-order valence-corrected chi connectivity index (χ0v) is 15.6. The van der Waals surface area contributed by atoms with Crippen LogP contribution in [0, 0.1) is 25.2 Å². The van der Waals surface area contributed by atoms with Crippen LogP contribution in [0.3, 0.4) is 0 Å². The van der Waals surface area contributed by atoms with E-state index >= 15 is 0 Å². The largest absolute Gasteiger partial charge is 0.310 e. The molecule has 1 nitrogen and oxygen atoms in total. The van der Waals surface area contributed by atoms with Crippen molar-refractivity contribution >= 4 is 11.6 Å². The zero-order chi connectivity index (χ0) is 16.2. The van der Waals surface area contributed by atoms with E-state index < -0.39 is 0 Å². The lowest BCUT2D eigenvalue weighted by atomic mass is 9.82. The molecule has 0 amide bonds. The van der Waals surface area contributed by atoms with E-state index in [2.05, 4.69) is 65.9 Å². The van der Waals surface area contributed by atoms with Crippen LogP contribution in [0.25, 0.3) is 0 Å². The molecular formula is C19H32ClN. The van der Waals surface area contributed by atoms with Gasteiger partial charge in [0, 0.05) is 11.1 Å². The smallest absolute Gasteiger partial charge is 0.0456 e. The Kier molecular flexibility index (Phi) is 6.74. The van der Waals surface area contributed by atoms with E-state index in [0.29, 0.717) is 17.4 Å². The Morgan fingerprint density at radius 1 is 1.14 bits per heavy atom. The summed E-state index contributed by atoms with van der Waals surface area (Å²) in [5, 5.41) is 4.51. The van der Waals surface area contributed by atoms with Crippen molar-refractivity contribution in [1.29, 1.82) is 0 Å². The summed E-state index contributed by atoms with van der Waals surface area (Å²) in [6.45, 7) is 16.7. The first-order chi connectivity index (χ1) is 9.64. The van der Waals surface area contributed by atoms with Crippen LogP contribution in [0.5, 0.6) is 0 Å². The van der Waals surface area contributed by atoms with Crippen LogP contribution in [-0.2, 0) is 0 Å². The Balaban J connectivity index is 2.94. The van der Waals surface area contributed by atoms with Crippen LogP contribution in [0.15, 0.2) is 12.1 Å². The highest BCUT2D eigenvalue weighted by Gasteiger charge is 2.21. The van der Waals surface area contributed by atoms with E-state index in [1.165, 1.54) is 23.1 Å². The molecule has 0 fully saturated rings. The van der Waals surface area contributed by atoms with Crippen LogP contribution in [0.2, 0.25) is 5.02 Å². The van der Waals surface area contributed by atoms with Gasteiger partial charge in [0.25, 0.3) is 0 Å². The molecule has 1 aromatic carbocycles. The molecule has 0 radical (unpaired) electrons. The number of nitrogens with one attached hydrogen (secondary N) is 1. The molecule has 1 N–H and O–H groups in total. The van der Waals surface area contributed by atoms with Crippen LogP contribution in [0.4, 0.5) is 0 Å². The summed E-state index contributed by atoms with van der Waals surface area (Å²) in [6.07, 6.45) is 2.37. The molecule has 0 spiro atoms. The first-order valence-corrected chi connectivity index (χ1v) is 8.52. The van der Waals surface area contributed by atoms with Gasteiger partial charge in [-0.2, -0.15) is 0 Å². The predicted octanol–water partition coefficient (Wildman–Crippen LogP) is 6.07. The maximum atomic E-state index is 6.51. The van der Waals surface area contributed by atoms with Crippen LogP contribution in [-0.4, -0.2) is 6.54 Å². The van der Waals surface area contributed by atoms with Gasteiger partial charge in [-0.05, 0) is 67.3 Å². The van der Waals surface area contributed by atoms with E-state index in [0.717, 1.165) is 18.0 Å². The lowest BCUT2D eigenvalue weighted by Crippen LogP contribution is -2.24. The highest BCUT2D eigenvalue weighted by molar-refractivity contribution is 6.31. The molecule has 0 saturated heterocycles. The third-order valence-electron chi connectivity index (χ3n) is 4.04. The van der Waals surface area contributed by atoms with Crippen molar-refractivity contribution in [3.63, 3.8) is 0 Å². The minimum absolute atomic E-state index is 0.346. The Labute approximate surface area is 136 Å². The van der Waals surface area contributed by atoms with Crippen molar-refractivity contribution in [3.8, 4) is 0 Å². The first-order valence-electron chi connectivity index (χ1n) is 8.14. The standard InChI is InChI=1S/C19H32ClN/c1-8-21-18(9-13(2)12-19(5,6)7)16-10-14(3)15(4)11-17(16)20/h10-11,13,18,21H,8-9,12H2,1-7H3.